The summed E-state index contributed by atoms with van der Waals surface area (Å²) in [7, 11) is 3.85. The van der Waals surface area contributed by atoms with Crippen molar-refractivity contribution >= 4 is 21.6 Å². The molecule has 0 aliphatic carbocycles. The molecule has 0 radical (unpaired) electrons. The van der Waals surface area contributed by atoms with Gasteiger partial charge in [0.15, 0.2) is 0 Å². The molecule has 2 aliphatic heterocycles. The van der Waals surface area contributed by atoms with Crippen LogP contribution in [0.2, 0.25) is 0 Å². The molecule has 4 rings (SSSR count). The molecular weight excluding hydrogens is 276 g/mol. The third-order valence-corrected chi connectivity index (χ3v) is 7.12. The fourth-order valence-electron chi connectivity index (χ4n) is 2.94. The second-order valence-electron chi connectivity index (χ2n) is 5.09. The molecule has 1 aromatic carbocycles. The molecule has 2 aliphatic rings. The van der Waals surface area contributed by atoms with Gasteiger partial charge in [0.25, 0.3) is 0 Å². The lowest BCUT2D eigenvalue weighted by molar-refractivity contribution is 0.199. The molecule has 1 saturated heterocycles. The quantitative estimate of drug-likeness (QED) is 0.733. The fraction of sp³-hybridized carbons (Fsp3) is 0.333. The Kier molecular flexibility index (Phi) is 2.64. The molecule has 0 amide bonds. The molecule has 0 spiro atoms. The molecule has 0 unspecified atom stereocenters. The highest BCUT2D eigenvalue weighted by Crippen LogP contribution is 2.63. The van der Waals surface area contributed by atoms with Crippen LogP contribution in [-0.4, -0.2) is 12.4 Å². The van der Waals surface area contributed by atoms with Crippen molar-refractivity contribution in [3.05, 3.63) is 53.5 Å². The molecule has 1 fully saturated rings. The van der Waals surface area contributed by atoms with E-state index in [1.807, 2.05) is 27.7 Å². The minimum atomic E-state index is -0.0756. The monoisotopic (exact) mass is 290 g/mol. The van der Waals surface area contributed by atoms with Gasteiger partial charge in [-0.2, -0.15) is 0 Å². The number of ether oxygens (including phenoxy) is 1. The number of aryl methyl sites for hydroxylation is 1. The van der Waals surface area contributed by atoms with E-state index in [0.717, 1.165) is 23.9 Å². The fourth-order valence-corrected chi connectivity index (χ4v) is 6.72. The topological polar surface area (TPSA) is 22.4 Å². The summed E-state index contributed by atoms with van der Waals surface area (Å²) >= 11 is 0. The third kappa shape index (κ3) is 1.59. The van der Waals surface area contributed by atoms with Gasteiger partial charge in [0.05, 0.1) is 12.9 Å². The van der Waals surface area contributed by atoms with Crippen LogP contribution in [0.5, 0.6) is 5.75 Å². The van der Waals surface area contributed by atoms with Crippen LogP contribution in [-0.2, 0) is 4.75 Å². The van der Waals surface area contributed by atoms with Crippen LogP contribution >= 0.6 is 21.6 Å². The van der Waals surface area contributed by atoms with Crippen molar-refractivity contribution in [2.45, 2.75) is 11.7 Å². The number of hydrogen-bond acceptors (Lipinski definition) is 4. The molecule has 1 aromatic heterocycles. The first kappa shape index (κ1) is 11.8. The van der Waals surface area contributed by atoms with Gasteiger partial charge >= 0.3 is 0 Å². The maximum Gasteiger partial charge on any atom is 0.125 e. The molecular formula is C15H14O2S2. The maximum absolute atomic E-state index is 5.95. The van der Waals surface area contributed by atoms with Gasteiger partial charge < -0.3 is 9.15 Å². The minimum absolute atomic E-state index is 0.0756. The Morgan fingerprint density at radius 1 is 1.32 bits per heavy atom. The van der Waals surface area contributed by atoms with Crippen LogP contribution in [0.4, 0.5) is 0 Å². The van der Waals surface area contributed by atoms with Crippen LogP contribution in [0.1, 0.15) is 16.9 Å². The number of benzene rings is 1. The van der Waals surface area contributed by atoms with Crippen LogP contribution in [0.3, 0.4) is 0 Å². The Bertz CT molecular complexity index is 609. The van der Waals surface area contributed by atoms with Gasteiger partial charge in [-0.15, -0.1) is 0 Å². The highest BCUT2D eigenvalue weighted by Gasteiger charge is 2.53. The highest BCUT2D eigenvalue weighted by atomic mass is 33.1. The summed E-state index contributed by atoms with van der Waals surface area (Å²) in [6.45, 7) is 2.91. The predicted molar refractivity (Wildman–Crippen MR) is 79.7 cm³/mol. The van der Waals surface area contributed by atoms with Gasteiger partial charge in [-0.1, -0.05) is 39.3 Å². The normalized spacial score (nSPS) is 28.6. The van der Waals surface area contributed by atoms with Crippen molar-refractivity contribution in [3.63, 3.8) is 0 Å². The van der Waals surface area contributed by atoms with E-state index in [0.29, 0.717) is 5.92 Å². The van der Waals surface area contributed by atoms with E-state index in [1.54, 1.807) is 6.26 Å². The molecule has 2 atom stereocenters. The lowest BCUT2D eigenvalue weighted by atomic mass is 9.81. The second kappa shape index (κ2) is 4.25. The van der Waals surface area contributed by atoms with Crippen LogP contribution < -0.4 is 4.74 Å². The van der Waals surface area contributed by atoms with E-state index in [9.17, 15) is 0 Å². The average molecular weight is 290 g/mol. The van der Waals surface area contributed by atoms with Crippen LogP contribution in [0, 0.1) is 12.8 Å². The van der Waals surface area contributed by atoms with Crippen molar-refractivity contribution in [2.75, 3.05) is 12.4 Å². The maximum atomic E-state index is 5.95. The summed E-state index contributed by atoms with van der Waals surface area (Å²) in [4.78, 5) is 0. The van der Waals surface area contributed by atoms with Gasteiger partial charge in [-0.3, -0.25) is 0 Å². The first-order valence-corrected chi connectivity index (χ1v) is 8.71. The van der Waals surface area contributed by atoms with Crippen LogP contribution in [0.25, 0.3) is 0 Å². The summed E-state index contributed by atoms with van der Waals surface area (Å²) in [6, 6.07) is 10.5. The summed E-state index contributed by atoms with van der Waals surface area (Å²) in [5.74, 6) is 3.65. The lowest BCUT2D eigenvalue weighted by Crippen LogP contribution is -2.38. The summed E-state index contributed by atoms with van der Waals surface area (Å²) in [6.07, 6.45) is 1.77. The van der Waals surface area contributed by atoms with Gasteiger partial charge in [0.2, 0.25) is 0 Å². The van der Waals surface area contributed by atoms with E-state index in [1.165, 1.54) is 11.1 Å². The molecule has 4 heteroatoms. The molecule has 19 heavy (non-hydrogen) atoms. The Balaban J connectivity index is 1.98. The van der Waals surface area contributed by atoms with Crippen molar-refractivity contribution in [2.24, 2.45) is 5.92 Å². The van der Waals surface area contributed by atoms with Gasteiger partial charge in [0.1, 0.15) is 16.3 Å². The summed E-state index contributed by atoms with van der Waals surface area (Å²) in [5, 5.41) is 0. The summed E-state index contributed by atoms with van der Waals surface area (Å²) in [5.41, 5.74) is 2.54. The molecule has 2 aromatic rings. The zero-order chi connectivity index (χ0) is 12.9. The van der Waals surface area contributed by atoms with Crippen molar-refractivity contribution in [1.82, 2.24) is 0 Å². The number of hydrogen-bond donors (Lipinski definition) is 0. The Hall–Kier alpha value is -1.00. The van der Waals surface area contributed by atoms with E-state index in [4.69, 9.17) is 9.15 Å². The second-order valence-corrected chi connectivity index (χ2v) is 7.68. The highest BCUT2D eigenvalue weighted by molar-refractivity contribution is 8.77. The molecule has 0 bridgehead atoms. The smallest absolute Gasteiger partial charge is 0.125 e. The van der Waals surface area contributed by atoms with Crippen molar-refractivity contribution in [3.8, 4) is 5.75 Å². The lowest BCUT2D eigenvalue weighted by Gasteiger charge is -2.37. The molecule has 0 saturated carbocycles. The number of fused-ring (bicyclic) bond motifs is 3. The first-order valence-electron chi connectivity index (χ1n) is 6.39. The molecule has 2 nitrogen and oxygen atoms in total. The van der Waals surface area contributed by atoms with E-state index in [-0.39, 0.29) is 4.75 Å². The van der Waals surface area contributed by atoms with Gasteiger partial charge in [-0.25, -0.2) is 0 Å². The summed E-state index contributed by atoms with van der Waals surface area (Å²) < 4.78 is 11.7. The zero-order valence-electron chi connectivity index (χ0n) is 10.6. The molecule has 98 valence electrons. The third-order valence-electron chi connectivity index (χ3n) is 3.90. The van der Waals surface area contributed by atoms with Gasteiger partial charge in [0, 0.05) is 17.2 Å². The Morgan fingerprint density at radius 3 is 3.11 bits per heavy atom. The first-order chi connectivity index (χ1) is 9.30. The van der Waals surface area contributed by atoms with E-state index < -0.39 is 0 Å². The molecule has 0 N–H and O–H groups in total. The number of furan rings is 1. The minimum Gasteiger partial charge on any atom is -0.493 e. The SMILES string of the molecule is Cc1ccc2c(c1)[C@]1(c3ccco3)SSC[C@H]1CO2. The predicted octanol–water partition coefficient (Wildman–Crippen LogP) is 4.24. The van der Waals surface area contributed by atoms with Crippen LogP contribution in [0.15, 0.2) is 41.0 Å². The Labute approximate surface area is 120 Å². The van der Waals surface area contributed by atoms with Crippen molar-refractivity contribution < 1.29 is 9.15 Å². The van der Waals surface area contributed by atoms with E-state index in [2.05, 4.69) is 31.2 Å². The largest absolute Gasteiger partial charge is 0.493 e. The van der Waals surface area contributed by atoms with Crippen molar-refractivity contribution in [1.29, 1.82) is 0 Å². The van der Waals surface area contributed by atoms with Gasteiger partial charge in [-0.05, 0) is 25.1 Å². The number of rotatable bonds is 1. The molecule has 3 heterocycles. The standard InChI is InChI=1S/C15H14O2S2/c1-10-4-5-13-12(7-10)15(14-3-2-6-16-14)11(8-17-13)9-18-19-15/h2-7,11H,8-9H2,1H3/t11-,15-/m1/s1. The Morgan fingerprint density at radius 2 is 2.26 bits per heavy atom. The average Bonchev–Trinajstić information content (AvgIpc) is 3.08. The van der Waals surface area contributed by atoms with E-state index >= 15 is 0 Å². The zero-order valence-corrected chi connectivity index (χ0v) is 12.2.